The Kier molecular flexibility index (Phi) is 10.0. The number of nitrogens with one attached hydrogen (secondary N) is 1. The highest BCUT2D eigenvalue weighted by molar-refractivity contribution is 14.0. The molecular weight excluding hydrogens is 511 g/mol. The van der Waals surface area contributed by atoms with Crippen LogP contribution in [-0.4, -0.2) is 59.0 Å². The van der Waals surface area contributed by atoms with Gasteiger partial charge in [0, 0.05) is 25.5 Å². The van der Waals surface area contributed by atoms with Crippen LogP contribution < -0.4 is 5.32 Å². The molecule has 0 amide bonds. The van der Waals surface area contributed by atoms with Gasteiger partial charge in [0.25, 0.3) is 0 Å². The highest BCUT2D eigenvalue weighted by Crippen LogP contribution is 2.20. The van der Waals surface area contributed by atoms with Gasteiger partial charge in [0.2, 0.25) is 5.89 Å². The normalized spacial score (nSPS) is 15.8. The molecule has 7 nitrogen and oxygen atoms in total. The van der Waals surface area contributed by atoms with Crippen LogP contribution in [0.2, 0.25) is 0 Å². The van der Waals surface area contributed by atoms with E-state index in [4.69, 9.17) is 9.41 Å². The second-order valence-electron chi connectivity index (χ2n) is 7.88. The van der Waals surface area contributed by atoms with Gasteiger partial charge in [-0.15, -0.1) is 35.3 Å². The number of rotatable bonds is 7. The minimum atomic E-state index is 0. The number of halogens is 1. The topological polar surface area (TPSA) is 69.8 Å². The second kappa shape index (κ2) is 12.0. The number of aryl methyl sites for hydroxylation is 3. The highest BCUT2D eigenvalue weighted by atomic mass is 127. The molecule has 9 heteroatoms. The lowest BCUT2D eigenvalue weighted by atomic mass is 9.97. The summed E-state index contributed by atoms with van der Waals surface area (Å²) in [5, 5.41) is 6.65. The molecule has 3 heterocycles. The van der Waals surface area contributed by atoms with Gasteiger partial charge in [0.1, 0.15) is 5.76 Å². The van der Waals surface area contributed by atoms with Crippen molar-refractivity contribution < 1.29 is 4.42 Å². The zero-order valence-electron chi connectivity index (χ0n) is 18.8. The smallest absolute Gasteiger partial charge is 0.208 e. The average Bonchev–Trinajstić information content (AvgIpc) is 3.24. The summed E-state index contributed by atoms with van der Waals surface area (Å²) in [6.07, 6.45) is 2.33. The molecule has 0 unspecified atom stereocenters. The molecule has 0 aliphatic carbocycles. The van der Waals surface area contributed by atoms with Gasteiger partial charge < -0.3 is 14.6 Å². The molecule has 1 saturated heterocycles. The van der Waals surface area contributed by atoms with Crippen molar-refractivity contribution in [1.29, 1.82) is 0 Å². The zero-order valence-corrected chi connectivity index (χ0v) is 21.9. The van der Waals surface area contributed by atoms with Crippen LogP contribution in [0.4, 0.5) is 0 Å². The number of hydrogen-bond acceptors (Lipinski definition) is 6. The minimum absolute atomic E-state index is 0. The van der Waals surface area contributed by atoms with Crippen molar-refractivity contribution in [3.63, 3.8) is 0 Å². The predicted octanol–water partition coefficient (Wildman–Crippen LogP) is 3.98. The van der Waals surface area contributed by atoms with Crippen molar-refractivity contribution in [2.24, 2.45) is 10.9 Å². The Labute approximate surface area is 201 Å². The van der Waals surface area contributed by atoms with Gasteiger partial charge >= 0.3 is 0 Å². The summed E-state index contributed by atoms with van der Waals surface area (Å²) in [4.78, 5) is 18.6. The summed E-state index contributed by atoms with van der Waals surface area (Å²) in [5.74, 6) is 3.36. The third-order valence-electron chi connectivity index (χ3n) is 5.40. The van der Waals surface area contributed by atoms with Crippen molar-refractivity contribution >= 4 is 41.3 Å². The van der Waals surface area contributed by atoms with E-state index in [9.17, 15) is 0 Å². The summed E-state index contributed by atoms with van der Waals surface area (Å²) >= 11 is 1.70. The Hall–Kier alpha value is -1.20. The van der Waals surface area contributed by atoms with E-state index in [-0.39, 0.29) is 24.0 Å². The van der Waals surface area contributed by atoms with Gasteiger partial charge in [-0.05, 0) is 59.5 Å². The Morgan fingerprint density at radius 1 is 1.30 bits per heavy atom. The lowest BCUT2D eigenvalue weighted by Crippen LogP contribution is -2.39. The molecule has 168 valence electrons. The summed E-state index contributed by atoms with van der Waals surface area (Å²) < 4.78 is 5.73. The first-order chi connectivity index (χ1) is 13.9. The number of likely N-dealkylation sites (tertiary alicyclic amines) is 1. The molecule has 0 aromatic carbocycles. The molecule has 30 heavy (non-hydrogen) atoms. The molecule has 0 atom stereocenters. The van der Waals surface area contributed by atoms with E-state index >= 15 is 0 Å². The SMILES string of the molecule is CCNC(=NCC1CCN(Cc2nc(C)c(C)o2)CC1)N(C)Cc1csc(C)n1.I. The van der Waals surface area contributed by atoms with Crippen LogP contribution in [0.15, 0.2) is 14.8 Å². The van der Waals surface area contributed by atoms with Crippen LogP contribution in [0, 0.1) is 26.7 Å². The van der Waals surface area contributed by atoms with E-state index in [0.29, 0.717) is 5.92 Å². The Bertz CT molecular complexity index is 793. The van der Waals surface area contributed by atoms with E-state index < -0.39 is 0 Å². The Balaban J connectivity index is 0.00000320. The van der Waals surface area contributed by atoms with Gasteiger partial charge in [-0.2, -0.15) is 0 Å². The summed E-state index contributed by atoms with van der Waals surface area (Å²) in [7, 11) is 2.08. The number of aromatic nitrogens is 2. The first-order valence-corrected chi connectivity index (χ1v) is 11.4. The van der Waals surface area contributed by atoms with E-state index in [1.807, 2.05) is 20.8 Å². The zero-order chi connectivity index (χ0) is 20.8. The third-order valence-corrected chi connectivity index (χ3v) is 6.22. The lowest BCUT2D eigenvalue weighted by Gasteiger charge is -2.30. The van der Waals surface area contributed by atoms with Gasteiger partial charge in [0.05, 0.1) is 29.5 Å². The van der Waals surface area contributed by atoms with E-state index in [2.05, 4.69) is 44.4 Å². The van der Waals surface area contributed by atoms with Crippen LogP contribution in [0.1, 0.15) is 47.8 Å². The number of nitrogens with zero attached hydrogens (tertiary/aromatic N) is 5. The van der Waals surface area contributed by atoms with Crippen molar-refractivity contribution in [2.75, 3.05) is 33.2 Å². The first kappa shape index (κ1) is 25.1. The molecule has 1 aliphatic heterocycles. The molecular formula is C21H35IN6OS. The average molecular weight is 547 g/mol. The van der Waals surface area contributed by atoms with Crippen LogP contribution in [0.5, 0.6) is 0 Å². The number of piperidine rings is 1. The highest BCUT2D eigenvalue weighted by Gasteiger charge is 2.21. The van der Waals surface area contributed by atoms with Crippen molar-refractivity contribution in [3.05, 3.63) is 33.4 Å². The minimum Gasteiger partial charge on any atom is -0.444 e. The largest absolute Gasteiger partial charge is 0.444 e. The van der Waals surface area contributed by atoms with Gasteiger partial charge in [-0.1, -0.05) is 0 Å². The number of aliphatic imine (C=N–C) groups is 1. The van der Waals surface area contributed by atoms with Gasteiger partial charge in [-0.3, -0.25) is 9.89 Å². The van der Waals surface area contributed by atoms with E-state index in [1.165, 1.54) is 0 Å². The molecule has 1 N–H and O–H groups in total. The fourth-order valence-electron chi connectivity index (χ4n) is 3.61. The summed E-state index contributed by atoms with van der Waals surface area (Å²) in [6, 6.07) is 0. The number of hydrogen-bond donors (Lipinski definition) is 1. The molecule has 0 spiro atoms. The maximum atomic E-state index is 5.73. The molecule has 1 fully saturated rings. The van der Waals surface area contributed by atoms with Crippen LogP contribution in [0.25, 0.3) is 0 Å². The van der Waals surface area contributed by atoms with Crippen LogP contribution in [0.3, 0.4) is 0 Å². The quantitative estimate of drug-likeness (QED) is 0.322. The second-order valence-corrected chi connectivity index (χ2v) is 8.94. The van der Waals surface area contributed by atoms with Crippen molar-refractivity contribution in [1.82, 2.24) is 25.1 Å². The first-order valence-electron chi connectivity index (χ1n) is 10.5. The standard InChI is InChI=1S/C21H34N6OS.HI/c1-6-22-21(26(5)12-19-14-29-17(4)25-19)23-11-18-7-9-27(10-8-18)13-20-24-15(2)16(3)28-20;/h14,18H,6-13H2,1-5H3,(H,22,23);1H. The van der Waals surface area contributed by atoms with Crippen LogP contribution in [-0.2, 0) is 13.1 Å². The molecule has 1 aliphatic rings. The third kappa shape index (κ3) is 7.19. The Morgan fingerprint density at radius 2 is 2.03 bits per heavy atom. The fourth-order valence-corrected chi connectivity index (χ4v) is 4.21. The maximum absolute atomic E-state index is 5.73. The fraction of sp³-hybridized carbons (Fsp3) is 0.667. The van der Waals surface area contributed by atoms with Crippen molar-refractivity contribution in [3.8, 4) is 0 Å². The number of guanidine groups is 1. The van der Waals surface area contributed by atoms with Gasteiger partial charge in [0.15, 0.2) is 5.96 Å². The maximum Gasteiger partial charge on any atom is 0.208 e. The monoisotopic (exact) mass is 546 g/mol. The van der Waals surface area contributed by atoms with Gasteiger partial charge in [-0.25, -0.2) is 9.97 Å². The number of thiazole rings is 1. The van der Waals surface area contributed by atoms with E-state index in [0.717, 1.165) is 86.1 Å². The molecule has 2 aromatic heterocycles. The van der Waals surface area contributed by atoms with Crippen molar-refractivity contribution in [2.45, 2.75) is 53.6 Å². The summed E-state index contributed by atoms with van der Waals surface area (Å²) in [6.45, 7) is 13.6. The molecule has 0 radical (unpaired) electrons. The molecule has 3 rings (SSSR count). The Morgan fingerprint density at radius 3 is 2.60 bits per heavy atom. The summed E-state index contributed by atoms with van der Waals surface area (Å²) in [5.41, 5.74) is 2.10. The molecule has 2 aromatic rings. The van der Waals surface area contributed by atoms with E-state index in [1.54, 1.807) is 11.3 Å². The number of oxazole rings is 1. The van der Waals surface area contributed by atoms with Crippen LogP contribution >= 0.6 is 35.3 Å². The predicted molar refractivity (Wildman–Crippen MR) is 134 cm³/mol. The molecule has 0 saturated carbocycles. The molecule has 0 bridgehead atoms. The lowest BCUT2D eigenvalue weighted by molar-refractivity contribution is 0.166.